The zero-order valence-corrected chi connectivity index (χ0v) is 14.0. The van der Waals surface area contributed by atoms with Crippen molar-refractivity contribution in [2.45, 2.75) is 44.7 Å². The molecule has 2 aliphatic heterocycles. The fraction of sp³-hybridized carbons (Fsp3) is 0.647. The van der Waals surface area contributed by atoms with E-state index in [1.165, 1.54) is 0 Å². The molecular weight excluding hydrogens is 292 g/mol. The van der Waals surface area contributed by atoms with E-state index in [2.05, 4.69) is 4.90 Å². The molecule has 126 valence electrons. The predicted octanol–water partition coefficient (Wildman–Crippen LogP) is 0.888. The normalized spacial score (nSPS) is 23.4. The van der Waals surface area contributed by atoms with Crippen molar-refractivity contribution in [2.24, 2.45) is 12.8 Å². The van der Waals surface area contributed by atoms with E-state index in [0.29, 0.717) is 6.04 Å². The number of rotatable bonds is 3. The maximum atomic E-state index is 12.7. The molecule has 23 heavy (non-hydrogen) atoms. The van der Waals surface area contributed by atoms with E-state index in [9.17, 15) is 9.59 Å². The minimum absolute atomic E-state index is 0.104. The monoisotopic (exact) mass is 318 g/mol. The van der Waals surface area contributed by atoms with Crippen molar-refractivity contribution < 1.29 is 9.59 Å². The van der Waals surface area contributed by atoms with Gasteiger partial charge in [0.25, 0.3) is 5.91 Å². The third kappa shape index (κ3) is 3.00. The molecule has 2 fully saturated rings. The molecule has 2 amide bonds. The molecule has 1 atom stereocenters. The van der Waals surface area contributed by atoms with Crippen molar-refractivity contribution in [3.63, 3.8) is 0 Å². The molecule has 2 N–H and O–H groups in total. The second-order valence-corrected chi connectivity index (χ2v) is 6.74. The minimum Gasteiger partial charge on any atom is -0.368 e. The number of aryl methyl sites for hydroxylation is 1. The standard InChI is InChI=1S/C17H26N4O2/c1-12-5-6-15(19(12)2)17(23)20-10-7-13(8-11-20)21-9-3-4-14(21)16(18)22/h5-6,13-14H,3-4,7-11H2,1-2H3,(H2,18,22)/t14-/m0/s1. The summed E-state index contributed by atoms with van der Waals surface area (Å²) in [5.41, 5.74) is 7.35. The van der Waals surface area contributed by atoms with Gasteiger partial charge in [0, 0.05) is 31.9 Å². The maximum Gasteiger partial charge on any atom is 0.270 e. The number of carbonyl (C=O) groups is 2. The summed E-state index contributed by atoms with van der Waals surface area (Å²) < 4.78 is 1.94. The largest absolute Gasteiger partial charge is 0.368 e. The van der Waals surface area contributed by atoms with Gasteiger partial charge in [-0.05, 0) is 51.3 Å². The van der Waals surface area contributed by atoms with Gasteiger partial charge in [0.15, 0.2) is 0 Å². The maximum absolute atomic E-state index is 12.7. The Morgan fingerprint density at radius 1 is 1.13 bits per heavy atom. The van der Waals surface area contributed by atoms with Crippen LogP contribution < -0.4 is 5.73 Å². The molecule has 1 aromatic rings. The second kappa shape index (κ2) is 6.35. The molecule has 6 heteroatoms. The van der Waals surface area contributed by atoms with Crippen LogP contribution in [0.15, 0.2) is 12.1 Å². The molecule has 0 aromatic carbocycles. The van der Waals surface area contributed by atoms with Gasteiger partial charge in [-0.15, -0.1) is 0 Å². The Morgan fingerprint density at radius 2 is 1.83 bits per heavy atom. The van der Waals surface area contributed by atoms with Gasteiger partial charge in [0.2, 0.25) is 5.91 Å². The quantitative estimate of drug-likeness (QED) is 0.899. The first-order valence-corrected chi connectivity index (χ1v) is 8.45. The van der Waals surface area contributed by atoms with Gasteiger partial charge >= 0.3 is 0 Å². The van der Waals surface area contributed by atoms with Crippen LogP contribution in [0.3, 0.4) is 0 Å². The number of likely N-dealkylation sites (tertiary alicyclic amines) is 2. The lowest BCUT2D eigenvalue weighted by molar-refractivity contribution is -0.123. The lowest BCUT2D eigenvalue weighted by Crippen LogP contribution is -2.51. The summed E-state index contributed by atoms with van der Waals surface area (Å²) in [6.07, 6.45) is 3.74. The van der Waals surface area contributed by atoms with Crippen LogP contribution in [0, 0.1) is 6.92 Å². The van der Waals surface area contributed by atoms with E-state index in [0.717, 1.165) is 56.7 Å². The van der Waals surface area contributed by atoms with Crippen LogP contribution in [0.4, 0.5) is 0 Å². The van der Waals surface area contributed by atoms with Crippen LogP contribution in [-0.2, 0) is 11.8 Å². The summed E-state index contributed by atoms with van der Waals surface area (Å²) in [4.78, 5) is 28.4. The van der Waals surface area contributed by atoms with Gasteiger partial charge < -0.3 is 15.2 Å². The highest BCUT2D eigenvalue weighted by molar-refractivity contribution is 5.93. The molecule has 0 bridgehead atoms. The summed E-state index contributed by atoms with van der Waals surface area (Å²) in [6.45, 7) is 4.44. The van der Waals surface area contributed by atoms with E-state index in [-0.39, 0.29) is 17.9 Å². The van der Waals surface area contributed by atoms with E-state index < -0.39 is 0 Å². The van der Waals surface area contributed by atoms with Gasteiger partial charge in [0.05, 0.1) is 6.04 Å². The Balaban J connectivity index is 1.61. The van der Waals surface area contributed by atoms with E-state index in [1.54, 1.807) is 0 Å². The van der Waals surface area contributed by atoms with Crippen molar-refractivity contribution in [1.29, 1.82) is 0 Å². The molecule has 0 radical (unpaired) electrons. The fourth-order valence-electron chi connectivity index (χ4n) is 3.92. The summed E-state index contributed by atoms with van der Waals surface area (Å²) in [5, 5.41) is 0. The zero-order valence-electron chi connectivity index (χ0n) is 14.0. The van der Waals surface area contributed by atoms with E-state index in [1.807, 2.05) is 35.6 Å². The number of nitrogens with zero attached hydrogens (tertiary/aromatic N) is 3. The molecule has 0 saturated carbocycles. The Kier molecular flexibility index (Phi) is 4.43. The summed E-state index contributed by atoms with van der Waals surface area (Å²) in [5.74, 6) is -0.104. The zero-order chi connectivity index (χ0) is 16.6. The SMILES string of the molecule is Cc1ccc(C(=O)N2CCC(N3CCC[C@H]3C(N)=O)CC2)n1C. The van der Waals surface area contributed by atoms with Crippen LogP contribution in [0.1, 0.15) is 41.9 Å². The Hall–Kier alpha value is -1.82. The van der Waals surface area contributed by atoms with Crippen molar-refractivity contribution in [1.82, 2.24) is 14.4 Å². The molecule has 1 aromatic heterocycles. The van der Waals surface area contributed by atoms with E-state index >= 15 is 0 Å². The van der Waals surface area contributed by atoms with Crippen LogP contribution in [0.2, 0.25) is 0 Å². The molecule has 2 aliphatic rings. The van der Waals surface area contributed by atoms with Crippen molar-refractivity contribution in [3.05, 3.63) is 23.5 Å². The number of hydrogen-bond donors (Lipinski definition) is 1. The smallest absolute Gasteiger partial charge is 0.270 e. The first-order chi connectivity index (χ1) is 11.0. The lowest BCUT2D eigenvalue weighted by Gasteiger charge is -2.38. The fourth-order valence-corrected chi connectivity index (χ4v) is 3.92. The minimum atomic E-state index is -0.208. The number of carbonyl (C=O) groups excluding carboxylic acids is 2. The topological polar surface area (TPSA) is 71.6 Å². The van der Waals surface area contributed by atoms with Crippen molar-refractivity contribution in [3.8, 4) is 0 Å². The number of amides is 2. The highest BCUT2D eigenvalue weighted by atomic mass is 16.2. The number of primary amides is 1. The summed E-state index contributed by atoms with van der Waals surface area (Å²) >= 11 is 0. The first kappa shape index (κ1) is 16.1. The third-order valence-electron chi connectivity index (χ3n) is 5.44. The molecule has 3 heterocycles. The molecule has 0 aliphatic carbocycles. The van der Waals surface area contributed by atoms with Gasteiger partial charge in [-0.2, -0.15) is 0 Å². The summed E-state index contributed by atoms with van der Waals surface area (Å²) in [6, 6.07) is 4.13. The molecule has 6 nitrogen and oxygen atoms in total. The van der Waals surface area contributed by atoms with Crippen LogP contribution in [0.25, 0.3) is 0 Å². The van der Waals surface area contributed by atoms with Crippen molar-refractivity contribution >= 4 is 11.8 Å². The highest BCUT2D eigenvalue weighted by Crippen LogP contribution is 2.26. The molecule has 3 rings (SSSR count). The van der Waals surface area contributed by atoms with Crippen LogP contribution in [0.5, 0.6) is 0 Å². The molecule has 2 saturated heterocycles. The first-order valence-electron chi connectivity index (χ1n) is 8.45. The van der Waals surface area contributed by atoms with Crippen molar-refractivity contribution in [2.75, 3.05) is 19.6 Å². The average molecular weight is 318 g/mol. The number of hydrogen-bond acceptors (Lipinski definition) is 3. The summed E-state index contributed by atoms with van der Waals surface area (Å²) in [7, 11) is 1.93. The number of nitrogens with two attached hydrogens (primary N) is 1. The highest BCUT2D eigenvalue weighted by Gasteiger charge is 2.36. The van der Waals surface area contributed by atoms with Gasteiger partial charge in [-0.1, -0.05) is 0 Å². The van der Waals surface area contributed by atoms with Gasteiger partial charge in [0.1, 0.15) is 5.69 Å². The van der Waals surface area contributed by atoms with Crippen LogP contribution >= 0.6 is 0 Å². The lowest BCUT2D eigenvalue weighted by atomic mass is 10.0. The molecule has 0 spiro atoms. The number of aromatic nitrogens is 1. The Bertz CT molecular complexity index is 602. The second-order valence-electron chi connectivity index (χ2n) is 6.74. The third-order valence-corrected chi connectivity index (χ3v) is 5.44. The Morgan fingerprint density at radius 3 is 2.39 bits per heavy atom. The van der Waals surface area contributed by atoms with E-state index in [4.69, 9.17) is 5.73 Å². The Labute approximate surface area is 137 Å². The predicted molar refractivity (Wildman–Crippen MR) is 88.0 cm³/mol. The molecule has 0 unspecified atom stereocenters. The number of piperidine rings is 1. The van der Waals surface area contributed by atoms with Gasteiger partial charge in [-0.3, -0.25) is 14.5 Å². The van der Waals surface area contributed by atoms with Crippen LogP contribution in [-0.4, -0.2) is 57.9 Å². The average Bonchev–Trinajstić information content (AvgIpc) is 3.15. The molecular formula is C17H26N4O2. The van der Waals surface area contributed by atoms with Gasteiger partial charge in [-0.25, -0.2) is 0 Å².